The van der Waals surface area contributed by atoms with Gasteiger partial charge in [0.1, 0.15) is 18.2 Å². The first-order valence-electron chi connectivity index (χ1n) is 15.3. The van der Waals surface area contributed by atoms with Gasteiger partial charge in [-0.2, -0.15) is 21.8 Å². The van der Waals surface area contributed by atoms with Crippen LogP contribution in [-0.2, 0) is 20.4 Å². The first kappa shape index (κ1) is 36.9. The molecule has 9 nitrogen and oxygen atoms in total. The first-order valence-corrected chi connectivity index (χ1v) is 21.1. The summed E-state index contributed by atoms with van der Waals surface area (Å²) in [5, 5.41) is 3.40. The van der Waals surface area contributed by atoms with Gasteiger partial charge in [0.15, 0.2) is 11.5 Å². The van der Waals surface area contributed by atoms with E-state index in [0.717, 1.165) is 12.2 Å². The Morgan fingerprint density at radius 2 is 1.60 bits per heavy atom. The summed E-state index contributed by atoms with van der Waals surface area (Å²) in [5.41, 5.74) is 6.95. The number of hydrogen-bond acceptors (Lipinski definition) is 8. The van der Waals surface area contributed by atoms with Crippen LogP contribution in [0.5, 0.6) is 0 Å². The van der Waals surface area contributed by atoms with E-state index in [1.54, 1.807) is 22.7 Å². The third-order valence-corrected chi connectivity index (χ3v) is 9.50. The van der Waals surface area contributed by atoms with Crippen LogP contribution in [0.25, 0.3) is 11.2 Å². The van der Waals surface area contributed by atoms with Crippen LogP contribution in [0.4, 0.5) is 5.82 Å². The maximum absolute atomic E-state index is 12.3. The third kappa shape index (κ3) is 17.1. The number of nitrogen functional groups attached to an aromatic ring is 1. The fourth-order valence-electron chi connectivity index (χ4n) is 4.41. The van der Waals surface area contributed by atoms with E-state index in [-0.39, 0.29) is 19.1 Å². The zero-order chi connectivity index (χ0) is 30.7. The fraction of sp³-hybridized carbons (Fsp3) is 0.767. The van der Waals surface area contributed by atoms with Gasteiger partial charge in [-0.25, -0.2) is 15.0 Å². The molecule has 0 amide bonds. The molecule has 0 spiro atoms. The minimum absolute atomic E-state index is 0.241. The Bertz CT molecular complexity index is 1130. The lowest BCUT2D eigenvalue weighted by molar-refractivity contribution is 0.0724. The number of aromatic nitrogens is 4. The normalized spacial score (nSPS) is 14.4. The lowest BCUT2D eigenvalue weighted by atomic mass is 10.0. The molecule has 2 heterocycles. The molecule has 2 rings (SSSR count). The van der Waals surface area contributed by atoms with Crippen LogP contribution in [0.2, 0.25) is 0 Å². The van der Waals surface area contributed by atoms with Crippen molar-refractivity contribution in [1.82, 2.24) is 19.5 Å². The molecule has 12 heteroatoms. The summed E-state index contributed by atoms with van der Waals surface area (Å²) in [6.07, 6.45) is 25.9. The van der Waals surface area contributed by atoms with Crippen molar-refractivity contribution in [3.8, 4) is 11.2 Å². The van der Waals surface area contributed by atoms with Gasteiger partial charge >= 0.3 is 7.60 Å². The Kier molecular flexibility index (Phi) is 18.1. The minimum Gasteiger partial charge on any atom is -0.382 e. The summed E-state index contributed by atoms with van der Waals surface area (Å²) in [6.45, 7) is 2.48. The van der Waals surface area contributed by atoms with Crippen LogP contribution in [0, 0.1) is 11.2 Å². The van der Waals surface area contributed by atoms with E-state index < -0.39 is 17.6 Å². The topological polar surface area (TPSA) is 125 Å². The van der Waals surface area contributed by atoms with E-state index in [0.29, 0.717) is 29.3 Å². The van der Waals surface area contributed by atoms with Crippen LogP contribution in [0.3, 0.4) is 0 Å². The Morgan fingerprint density at radius 3 is 2.24 bits per heavy atom. The lowest BCUT2D eigenvalue weighted by Crippen LogP contribution is -2.17. The number of nitrogens with zero attached hydrogens (tertiary/aromatic N) is 4. The summed E-state index contributed by atoms with van der Waals surface area (Å²) in [6, 6.07) is 0. The number of unbranched alkanes of at least 4 members (excludes halogenated alkanes) is 12. The molecular weight excluding hydrogens is 589 g/mol. The van der Waals surface area contributed by atoms with Gasteiger partial charge in [-0.15, -0.1) is 0 Å². The molecule has 2 aromatic heterocycles. The zero-order valence-electron chi connectivity index (χ0n) is 26.3. The van der Waals surface area contributed by atoms with E-state index in [1.165, 1.54) is 83.4 Å². The van der Waals surface area contributed by atoms with Crippen LogP contribution in [-0.4, -0.2) is 73.7 Å². The van der Waals surface area contributed by atoms with Gasteiger partial charge in [-0.05, 0) is 44.3 Å². The van der Waals surface area contributed by atoms with Crippen molar-refractivity contribution in [1.29, 1.82) is 0 Å². The summed E-state index contributed by atoms with van der Waals surface area (Å²) >= 11 is 1.77. The van der Waals surface area contributed by atoms with Crippen molar-refractivity contribution in [2.75, 3.05) is 49.0 Å². The molecule has 2 aromatic rings. The molecule has 0 aliphatic heterocycles. The monoisotopic (exact) mass is 643 g/mol. The molecule has 0 fully saturated rings. The van der Waals surface area contributed by atoms with Crippen molar-refractivity contribution < 1.29 is 18.7 Å². The highest BCUT2D eigenvalue weighted by Crippen LogP contribution is 2.42. The third-order valence-electron chi connectivity index (χ3n) is 6.65. The highest BCUT2D eigenvalue weighted by Gasteiger charge is 2.21. The maximum Gasteiger partial charge on any atom is 0.353 e. The smallest absolute Gasteiger partial charge is 0.353 e. The average Bonchev–Trinajstić information content (AvgIpc) is 3.34. The number of fused-ring (bicyclic) bond motifs is 1. The van der Waals surface area contributed by atoms with E-state index >= 15 is 0 Å². The van der Waals surface area contributed by atoms with E-state index in [2.05, 4.69) is 44.9 Å². The predicted octanol–water partition coefficient (Wildman–Crippen LogP) is 7.43. The highest BCUT2D eigenvalue weighted by atomic mass is 32.3. The number of hydrogen-bond donors (Lipinski definition) is 2. The van der Waals surface area contributed by atoms with Gasteiger partial charge in [0.25, 0.3) is 0 Å². The molecule has 0 saturated carbocycles. The molecule has 2 atom stereocenters. The van der Waals surface area contributed by atoms with Crippen LogP contribution < -0.4 is 5.73 Å². The summed E-state index contributed by atoms with van der Waals surface area (Å²) in [7, 11) is -4.46. The predicted molar refractivity (Wildman–Crippen MR) is 181 cm³/mol. The number of thioether (sulfide) groups is 1. The molecule has 0 radical (unpaired) electrons. The van der Waals surface area contributed by atoms with Crippen LogP contribution >= 0.6 is 29.4 Å². The Balaban J connectivity index is 1.36. The first-order chi connectivity index (χ1) is 20.1. The van der Waals surface area contributed by atoms with Crippen molar-refractivity contribution in [2.24, 2.45) is 0 Å². The SMILES string of the molecule is C[C@H](Cn1cnc2c(N)ncnc21)OCP(=O)(O)OCCSCCCCCCCCCCCCCCC#CS(C)(C)C. The molecular formula is C30H54N5O4PS2. The largest absolute Gasteiger partial charge is 0.382 e. The lowest BCUT2D eigenvalue weighted by Gasteiger charge is -2.17. The van der Waals surface area contributed by atoms with E-state index in [4.69, 9.17) is 15.0 Å². The second-order valence-electron chi connectivity index (χ2n) is 11.6. The zero-order valence-corrected chi connectivity index (χ0v) is 28.8. The minimum atomic E-state index is -3.80. The second-order valence-corrected chi connectivity index (χ2v) is 18.5. The van der Waals surface area contributed by atoms with Gasteiger partial charge in [-0.1, -0.05) is 75.4 Å². The molecule has 42 heavy (non-hydrogen) atoms. The quantitative estimate of drug-likeness (QED) is 0.0722. The number of ether oxygens (including phenoxy) is 1. The highest BCUT2D eigenvalue weighted by molar-refractivity contribution is 8.35. The number of imidazole rings is 1. The van der Waals surface area contributed by atoms with Gasteiger partial charge in [0, 0.05) is 12.2 Å². The van der Waals surface area contributed by atoms with Crippen molar-refractivity contribution in [2.45, 2.75) is 103 Å². The molecule has 1 unspecified atom stereocenters. The van der Waals surface area contributed by atoms with E-state index in [1.807, 2.05) is 6.92 Å². The second kappa shape index (κ2) is 20.6. The molecule has 240 valence electrons. The van der Waals surface area contributed by atoms with Crippen molar-refractivity contribution in [3.05, 3.63) is 12.7 Å². The van der Waals surface area contributed by atoms with Crippen LogP contribution in [0.1, 0.15) is 90.4 Å². The maximum atomic E-state index is 12.3. The Hall–Kier alpha value is -1.28. The van der Waals surface area contributed by atoms with E-state index in [9.17, 15) is 9.46 Å². The van der Waals surface area contributed by atoms with Gasteiger partial charge in [0.05, 0.1) is 25.6 Å². The molecule has 0 aliphatic rings. The van der Waals surface area contributed by atoms with Gasteiger partial charge in [0.2, 0.25) is 0 Å². The summed E-state index contributed by atoms with van der Waals surface area (Å²) in [5.74, 6) is 5.42. The van der Waals surface area contributed by atoms with Gasteiger partial charge in [-0.3, -0.25) is 4.57 Å². The molecule has 0 bridgehead atoms. The summed E-state index contributed by atoms with van der Waals surface area (Å²) in [4.78, 5) is 22.5. The summed E-state index contributed by atoms with van der Waals surface area (Å²) < 4.78 is 24.9. The molecule has 3 N–H and O–H groups in total. The Labute approximate surface area is 259 Å². The standard InChI is InChI=1S/C30H54N5O4PS2/c1-27(23-35-25-34-28-29(31)32-24-33-30(28)35)38-26-40(36,37)39-19-21-41-20-17-15-13-11-9-7-5-6-8-10-12-14-16-18-22-42(2,3)4/h24-25,27H,5-17,19-21,23,26H2,1-4H3,(H,36,37)(H2,31,32,33)/t27-/m1/s1. The average molecular weight is 644 g/mol. The fourth-order valence-corrected chi connectivity index (χ4v) is 6.78. The Morgan fingerprint density at radius 1 is 0.976 bits per heavy atom. The number of nitrogens with two attached hydrogens (primary N) is 1. The molecule has 0 aromatic carbocycles. The van der Waals surface area contributed by atoms with Crippen molar-refractivity contribution in [3.63, 3.8) is 0 Å². The molecule has 0 saturated heterocycles. The van der Waals surface area contributed by atoms with Crippen molar-refractivity contribution >= 4 is 46.4 Å². The number of anilines is 1. The molecule has 0 aliphatic carbocycles. The van der Waals surface area contributed by atoms with Gasteiger partial charge < -0.3 is 24.5 Å². The number of rotatable bonds is 23. The van der Waals surface area contributed by atoms with Crippen LogP contribution in [0.15, 0.2) is 12.7 Å².